The second-order valence-electron chi connectivity index (χ2n) is 5.78. The molecule has 0 atom stereocenters. The van der Waals surface area contributed by atoms with Gasteiger partial charge in [0.25, 0.3) is 0 Å². The van der Waals surface area contributed by atoms with E-state index in [1.165, 1.54) is 30.7 Å². The van der Waals surface area contributed by atoms with Crippen LogP contribution in [0.15, 0.2) is 0 Å². The summed E-state index contributed by atoms with van der Waals surface area (Å²) in [5.74, 6) is 0. The van der Waals surface area contributed by atoms with Crippen molar-refractivity contribution in [2.45, 2.75) is 27.7 Å². The maximum atomic E-state index is 9.75. The molecule has 0 saturated carbocycles. The highest BCUT2D eigenvalue weighted by atomic mass is 35.5. The standard InChI is InChI=1S/C8H20N.C4H12N.BF4.ClH/c1-5-9(6-2,7-3)8-4;1-5(2,3)4;2-1(3,4)5;/h5-8H2,1-4H3;1-4H3;;1H/q2*+1;-1;/p-1. The summed E-state index contributed by atoms with van der Waals surface area (Å²) in [6, 6.07) is 0. The van der Waals surface area contributed by atoms with E-state index in [0.717, 1.165) is 4.48 Å². The third kappa shape index (κ3) is 36.1. The van der Waals surface area contributed by atoms with Gasteiger partial charge < -0.3 is 38.6 Å². The Balaban J connectivity index is -0.000000101. The van der Waals surface area contributed by atoms with Gasteiger partial charge in [-0.05, 0) is 27.7 Å². The molecule has 0 heterocycles. The minimum absolute atomic E-state index is 0. The second kappa shape index (κ2) is 12.7. The highest BCUT2D eigenvalue weighted by Gasteiger charge is 2.20. The Kier molecular flexibility index (Phi) is 17.9. The zero-order valence-electron chi connectivity index (χ0n) is 14.2. The number of hydrogen-bond donors (Lipinski definition) is 0. The second-order valence-corrected chi connectivity index (χ2v) is 5.78. The van der Waals surface area contributed by atoms with Crippen LogP contribution in [0.5, 0.6) is 0 Å². The topological polar surface area (TPSA) is 0 Å². The molecule has 0 rings (SSSR count). The average Bonchev–Trinajstić information content (AvgIpc) is 2.17. The van der Waals surface area contributed by atoms with E-state index in [1.807, 2.05) is 0 Å². The van der Waals surface area contributed by atoms with Crippen LogP contribution in [0.2, 0.25) is 0 Å². The van der Waals surface area contributed by atoms with E-state index >= 15 is 0 Å². The number of quaternary nitrogens is 2. The normalized spacial score (nSPS) is 11.4. The molecule has 128 valence electrons. The van der Waals surface area contributed by atoms with E-state index in [-0.39, 0.29) is 12.4 Å². The van der Waals surface area contributed by atoms with Gasteiger partial charge in [-0.2, -0.15) is 0 Å². The van der Waals surface area contributed by atoms with Crippen molar-refractivity contribution in [3.05, 3.63) is 0 Å². The van der Waals surface area contributed by atoms with Crippen molar-refractivity contribution < 1.29 is 38.6 Å². The van der Waals surface area contributed by atoms with Crippen molar-refractivity contribution in [3.8, 4) is 0 Å². The minimum Gasteiger partial charge on any atom is -1.00 e. The number of halogens is 5. The number of rotatable bonds is 4. The summed E-state index contributed by atoms with van der Waals surface area (Å²) < 4.78 is 41.3. The molecular formula is C12H32BClF4N2. The molecule has 0 N–H and O–H groups in total. The van der Waals surface area contributed by atoms with E-state index in [2.05, 4.69) is 55.9 Å². The fraction of sp³-hybridized carbons (Fsp3) is 1.00. The number of nitrogens with zero attached hydrogens (tertiary/aromatic N) is 2. The van der Waals surface area contributed by atoms with Crippen LogP contribution < -0.4 is 12.4 Å². The van der Waals surface area contributed by atoms with Crippen LogP contribution in [0.1, 0.15) is 27.7 Å². The first-order valence-corrected chi connectivity index (χ1v) is 6.76. The molecule has 0 aromatic heterocycles. The van der Waals surface area contributed by atoms with Crippen molar-refractivity contribution in [3.63, 3.8) is 0 Å². The van der Waals surface area contributed by atoms with Gasteiger partial charge in [0.15, 0.2) is 0 Å². The summed E-state index contributed by atoms with van der Waals surface area (Å²) in [7, 11) is 2.50. The smallest absolute Gasteiger partial charge is 0.673 e. The highest BCUT2D eigenvalue weighted by molar-refractivity contribution is 6.50. The lowest BCUT2D eigenvalue weighted by Gasteiger charge is -2.34. The summed E-state index contributed by atoms with van der Waals surface area (Å²) >= 11 is 0. The first-order chi connectivity index (χ1) is 8.24. The van der Waals surface area contributed by atoms with Gasteiger partial charge in [0.1, 0.15) is 0 Å². The van der Waals surface area contributed by atoms with Crippen LogP contribution in [0, 0.1) is 0 Å². The molecule has 0 radical (unpaired) electrons. The first-order valence-electron chi connectivity index (χ1n) is 6.76. The molecule has 0 aliphatic carbocycles. The van der Waals surface area contributed by atoms with Crippen molar-refractivity contribution in [2.24, 2.45) is 0 Å². The molecule has 0 bridgehead atoms. The molecule has 20 heavy (non-hydrogen) atoms. The van der Waals surface area contributed by atoms with E-state index in [4.69, 9.17) is 0 Å². The quantitative estimate of drug-likeness (QED) is 0.401. The van der Waals surface area contributed by atoms with Crippen LogP contribution in [0.3, 0.4) is 0 Å². The molecular weight excluding hydrogens is 294 g/mol. The maximum Gasteiger partial charge on any atom is 0.673 e. The lowest BCUT2D eigenvalue weighted by molar-refractivity contribution is -0.921. The fourth-order valence-corrected chi connectivity index (χ4v) is 1.34. The van der Waals surface area contributed by atoms with Gasteiger partial charge in [0.05, 0.1) is 54.4 Å². The Morgan fingerprint density at radius 3 is 0.750 bits per heavy atom. The molecule has 0 fully saturated rings. The van der Waals surface area contributed by atoms with E-state index in [1.54, 1.807) is 0 Å². The zero-order valence-corrected chi connectivity index (χ0v) is 14.9. The van der Waals surface area contributed by atoms with Gasteiger partial charge >= 0.3 is 7.25 Å². The molecule has 0 spiro atoms. The Bertz CT molecular complexity index is 163. The van der Waals surface area contributed by atoms with Gasteiger partial charge in [0.2, 0.25) is 0 Å². The van der Waals surface area contributed by atoms with Gasteiger partial charge in [-0.1, -0.05) is 0 Å². The summed E-state index contributed by atoms with van der Waals surface area (Å²) in [5, 5.41) is 0. The van der Waals surface area contributed by atoms with E-state index in [9.17, 15) is 17.3 Å². The van der Waals surface area contributed by atoms with Crippen molar-refractivity contribution in [1.82, 2.24) is 0 Å². The SMILES string of the molecule is CC[N+](CC)(CC)CC.C[N+](C)(C)C.F[B-](F)(F)F.[Cl-]. The van der Waals surface area contributed by atoms with Crippen LogP contribution >= 0.6 is 0 Å². The molecule has 0 aliphatic heterocycles. The summed E-state index contributed by atoms with van der Waals surface area (Å²) in [6.45, 7) is 14.2. The van der Waals surface area contributed by atoms with Gasteiger partial charge in [-0.15, -0.1) is 0 Å². The predicted octanol–water partition coefficient (Wildman–Crippen LogP) is 0.509. The Labute approximate surface area is 128 Å². The maximum absolute atomic E-state index is 9.75. The van der Waals surface area contributed by atoms with Crippen LogP contribution in [-0.2, 0) is 0 Å². The summed E-state index contributed by atoms with van der Waals surface area (Å²) in [5.41, 5.74) is 0. The monoisotopic (exact) mass is 326 g/mol. The third-order valence-electron chi connectivity index (χ3n) is 2.68. The molecule has 0 aromatic carbocycles. The lowest BCUT2D eigenvalue weighted by atomic mass is 10.3. The zero-order chi connectivity index (χ0) is 16.3. The van der Waals surface area contributed by atoms with Gasteiger partial charge in [-0.3, -0.25) is 0 Å². The van der Waals surface area contributed by atoms with Crippen LogP contribution in [0.25, 0.3) is 0 Å². The molecule has 0 unspecified atom stereocenters. The fourth-order valence-electron chi connectivity index (χ4n) is 1.34. The Morgan fingerprint density at radius 2 is 0.750 bits per heavy atom. The van der Waals surface area contributed by atoms with Gasteiger partial charge in [-0.25, -0.2) is 0 Å². The van der Waals surface area contributed by atoms with Crippen molar-refractivity contribution >= 4 is 7.25 Å². The van der Waals surface area contributed by atoms with Gasteiger partial charge in [0, 0.05) is 0 Å². The van der Waals surface area contributed by atoms with E-state index < -0.39 is 7.25 Å². The molecule has 0 saturated heterocycles. The lowest BCUT2D eigenvalue weighted by Crippen LogP contribution is -3.00. The van der Waals surface area contributed by atoms with Crippen LogP contribution in [0.4, 0.5) is 17.3 Å². The third-order valence-corrected chi connectivity index (χ3v) is 2.68. The van der Waals surface area contributed by atoms with E-state index in [0.29, 0.717) is 0 Å². The number of hydrogen-bond acceptors (Lipinski definition) is 0. The summed E-state index contributed by atoms with van der Waals surface area (Å²) in [6.07, 6.45) is 0. The molecule has 8 heteroatoms. The van der Waals surface area contributed by atoms with Crippen LogP contribution in [-0.4, -0.2) is 70.6 Å². The molecule has 0 amide bonds. The van der Waals surface area contributed by atoms with Crippen molar-refractivity contribution in [1.29, 1.82) is 0 Å². The van der Waals surface area contributed by atoms with Crippen molar-refractivity contribution in [2.75, 3.05) is 54.4 Å². The largest absolute Gasteiger partial charge is 1.00 e. The molecule has 2 nitrogen and oxygen atoms in total. The summed E-state index contributed by atoms with van der Waals surface area (Å²) in [4.78, 5) is 0. The first kappa shape index (κ1) is 28.2. The minimum atomic E-state index is -6.00. The average molecular weight is 327 g/mol. The highest BCUT2D eigenvalue weighted by Crippen LogP contribution is 2.06. The molecule has 0 aliphatic rings. The molecule has 0 aromatic rings. The Hall–Kier alpha value is -0.00506. The predicted molar refractivity (Wildman–Crippen MR) is 76.6 cm³/mol. The Morgan fingerprint density at radius 1 is 0.650 bits per heavy atom.